The quantitative estimate of drug-likeness (QED) is 0.895. The maximum absolute atomic E-state index is 12.3. The topological polar surface area (TPSA) is 60.9 Å². The first-order valence-corrected chi connectivity index (χ1v) is 10.1. The highest BCUT2D eigenvalue weighted by atomic mass is 32.1. The van der Waals surface area contributed by atoms with Crippen molar-refractivity contribution in [1.29, 1.82) is 0 Å². The first kappa shape index (κ1) is 17.0. The lowest BCUT2D eigenvalue weighted by Crippen LogP contribution is -2.44. The van der Waals surface area contributed by atoms with E-state index in [1.54, 1.807) is 11.3 Å². The van der Waals surface area contributed by atoms with Gasteiger partial charge in [0, 0.05) is 41.9 Å². The summed E-state index contributed by atoms with van der Waals surface area (Å²) in [5.41, 5.74) is 0.0652. The highest BCUT2D eigenvalue weighted by molar-refractivity contribution is 7.11. The van der Waals surface area contributed by atoms with Gasteiger partial charge in [-0.15, -0.1) is 11.3 Å². The van der Waals surface area contributed by atoms with Gasteiger partial charge in [-0.2, -0.15) is 0 Å². The molecule has 0 radical (unpaired) electrons. The number of piperidine rings is 1. The van der Waals surface area contributed by atoms with Gasteiger partial charge in [0.05, 0.1) is 0 Å². The third-order valence-electron chi connectivity index (χ3n) is 6.11. The molecule has 6 heteroatoms. The fourth-order valence-electron chi connectivity index (χ4n) is 4.48. The zero-order valence-corrected chi connectivity index (χ0v) is 15.6. The largest absolute Gasteiger partial charge is 0.480 e. The van der Waals surface area contributed by atoms with Gasteiger partial charge in [0.15, 0.2) is 0 Å². The minimum Gasteiger partial charge on any atom is -0.480 e. The number of carboxylic acids is 1. The lowest BCUT2D eigenvalue weighted by molar-refractivity contribution is -0.142. The first-order valence-electron chi connectivity index (χ1n) is 9.27. The average Bonchev–Trinajstić information content (AvgIpc) is 3.27. The second-order valence-electron chi connectivity index (χ2n) is 8.08. The van der Waals surface area contributed by atoms with Crippen molar-refractivity contribution >= 4 is 23.2 Å². The Bertz CT molecular complexity index is 674. The molecule has 25 heavy (non-hydrogen) atoms. The molecule has 1 amide bonds. The summed E-state index contributed by atoms with van der Waals surface area (Å²) < 4.78 is 0. The van der Waals surface area contributed by atoms with Gasteiger partial charge in [0.1, 0.15) is 6.04 Å². The molecule has 1 aliphatic carbocycles. The minimum atomic E-state index is -0.707. The SMILES string of the molecule is Cc1ccc(CN2CC3(CCN(C(=O)C4CC4)CC3)C[C@@H]2C(=O)O)s1. The smallest absolute Gasteiger partial charge is 0.320 e. The molecule has 1 N–H and O–H groups in total. The summed E-state index contributed by atoms with van der Waals surface area (Å²) in [6.07, 6.45) is 4.70. The van der Waals surface area contributed by atoms with Gasteiger partial charge < -0.3 is 10.0 Å². The number of carboxylic acid groups (broad SMARTS) is 1. The second-order valence-corrected chi connectivity index (χ2v) is 9.45. The molecule has 0 bridgehead atoms. The van der Waals surface area contributed by atoms with Crippen LogP contribution in [0.2, 0.25) is 0 Å². The van der Waals surface area contributed by atoms with Gasteiger partial charge in [-0.1, -0.05) is 0 Å². The summed E-state index contributed by atoms with van der Waals surface area (Å²) in [5.74, 6) is -0.0989. The van der Waals surface area contributed by atoms with E-state index < -0.39 is 12.0 Å². The van der Waals surface area contributed by atoms with Crippen LogP contribution in [0.25, 0.3) is 0 Å². The van der Waals surface area contributed by atoms with Gasteiger partial charge >= 0.3 is 5.97 Å². The van der Waals surface area contributed by atoms with Crippen LogP contribution in [-0.2, 0) is 16.1 Å². The number of carbonyl (C=O) groups is 2. The Hall–Kier alpha value is -1.40. The third kappa shape index (κ3) is 3.47. The molecule has 3 fully saturated rings. The van der Waals surface area contributed by atoms with Crippen molar-refractivity contribution in [2.24, 2.45) is 11.3 Å². The molecule has 1 spiro atoms. The number of thiophene rings is 1. The van der Waals surface area contributed by atoms with Crippen LogP contribution in [0, 0.1) is 18.3 Å². The van der Waals surface area contributed by atoms with Crippen molar-refractivity contribution in [3.63, 3.8) is 0 Å². The van der Waals surface area contributed by atoms with Crippen LogP contribution in [0.15, 0.2) is 12.1 Å². The van der Waals surface area contributed by atoms with E-state index in [-0.39, 0.29) is 11.3 Å². The average molecular weight is 362 g/mol. The zero-order chi connectivity index (χ0) is 17.6. The van der Waals surface area contributed by atoms with Crippen LogP contribution in [-0.4, -0.2) is 52.5 Å². The van der Waals surface area contributed by atoms with Crippen LogP contribution in [0.1, 0.15) is 41.9 Å². The molecule has 4 rings (SSSR count). The molecule has 1 atom stereocenters. The number of carbonyl (C=O) groups excluding carboxylic acids is 1. The molecular weight excluding hydrogens is 336 g/mol. The number of nitrogens with zero attached hydrogens (tertiary/aromatic N) is 2. The van der Waals surface area contributed by atoms with E-state index in [0.29, 0.717) is 5.91 Å². The third-order valence-corrected chi connectivity index (χ3v) is 7.09. The Morgan fingerprint density at radius 2 is 2.00 bits per heavy atom. The number of aliphatic carboxylic acids is 1. The Morgan fingerprint density at radius 3 is 2.56 bits per heavy atom. The van der Waals surface area contributed by atoms with Crippen molar-refractivity contribution in [2.45, 2.75) is 51.6 Å². The zero-order valence-electron chi connectivity index (χ0n) is 14.7. The Morgan fingerprint density at radius 1 is 1.28 bits per heavy atom. The lowest BCUT2D eigenvalue weighted by Gasteiger charge is -2.39. The number of hydrogen-bond donors (Lipinski definition) is 1. The molecule has 1 aromatic rings. The van der Waals surface area contributed by atoms with Crippen molar-refractivity contribution < 1.29 is 14.7 Å². The van der Waals surface area contributed by atoms with Gasteiger partial charge in [-0.3, -0.25) is 14.5 Å². The van der Waals surface area contributed by atoms with Crippen LogP contribution in [0.3, 0.4) is 0 Å². The predicted octanol–water partition coefficient (Wildman–Crippen LogP) is 2.73. The number of likely N-dealkylation sites (tertiary alicyclic amines) is 2. The molecule has 2 saturated heterocycles. The lowest BCUT2D eigenvalue weighted by atomic mass is 9.76. The monoisotopic (exact) mass is 362 g/mol. The number of aryl methyl sites for hydroxylation is 1. The number of rotatable bonds is 4. The van der Waals surface area contributed by atoms with E-state index >= 15 is 0 Å². The van der Waals surface area contributed by atoms with Gasteiger partial charge in [-0.05, 0) is 56.6 Å². The Balaban J connectivity index is 1.42. The van der Waals surface area contributed by atoms with Crippen LogP contribution in [0.5, 0.6) is 0 Å². The van der Waals surface area contributed by atoms with Gasteiger partial charge in [0.2, 0.25) is 5.91 Å². The van der Waals surface area contributed by atoms with Crippen LogP contribution >= 0.6 is 11.3 Å². The van der Waals surface area contributed by atoms with E-state index in [1.165, 1.54) is 9.75 Å². The molecule has 0 aromatic carbocycles. The highest BCUT2D eigenvalue weighted by Gasteiger charge is 2.49. The van der Waals surface area contributed by atoms with E-state index in [9.17, 15) is 14.7 Å². The standard InChI is InChI=1S/C19H26N2O3S/c1-13-2-5-15(25-13)11-21-12-19(10-16(21)18(23)24)6-8-20(9-7-19)17(22)14-3-4-14/h2,5,14,16H,3-4,6-12H2,1H3,(H,23,24)/t16-/m1/s1. The summed E-state index contributed by atoms with van der Waals surface area (Å²) in [4.78, 5) is 30.7. The van der Waals surface area contributed by atoms with E-state index in [0.717, 1.165) is 58.3 Å². The molecule has 136 valence electrons. The van der Waals surface area contributed by atoms with Crippen molar-refractivity contribution in [3.05, 3.63) is 21.9 Å². The molecule has 0 unspecified atom stereocenters. The molecule has 3 aliphatic rings. The summed E-state index contributed by atoms with van der Waals surface area (Å²) in [5, 5.41) is 9.70. The summed E-state index contributed by atoms with van der Waals surface area (Å²) >= 11 is 1.75. The second kappa shape index (κ2) is 6.40. The highest BCUT2D eigenvalue weighted by Crippen LogP contribution is 2.45. The number of amides is 1. The van der Waals surface area contributed by atoms with E-state index in [1.807, 2.05) is 4.90 Å². The molecule has 3 heterocycles. The minimum absolute atomic E-state index is 0.0652. The molecule has 5 nitrogen and oxygen atoms in total. The van der Waals surface area contributed by atoms with E-state index in [2.05, 4.69) is 24.0 Å². The van der Waals surface area contributed by atoms with Crippen molar-refractivity contribution in [3.8, 4) is 0 Å². The Labute approximate surface area is 152 Å². The summed E-state index contributed by atoms with van der Waals surface area (Å²) in [6, 6.07) is 3.82. The van der Waals surface area contributed by atoms with Gasteiger partial charge in [0.25, 0.3) is 0 Å². The molecular formula is C19H26N2O3S. The molecule has 2 aliphatic heterocycles. The summed E-state index contributed by atoms with van der Waals surface area (Å²) in [6.45, 7) is 5.25. The van der Waals surface area contributed by atoms with Crippen molar-refractivity contribution in [2.75, 3.05) is 19.6 Å². The van der Waals surface area contributed by atoms with Crippen molar-refractivity contribution in [1.82, 2.24) is 9.80 Å². The molecule has 1 aromatic heterocycles. The van der Waals surface area contributed by atoms with Crippen LogP contribution in [0.4, 0.5) is 0 Å². The molecule has 1 saturated carbocycles. The van der Waals surface area contributed by atoms with E-state index in [4.69, 9.17) is 0 Å². The predicted molar refractivity (Wildman–Crippen MR) is 96.5 cm³/mol. The first-order chi connectivity index (χ1) is 12.0. The fourth-order valence-corrected chi connectivity index (χ4v) is 5.39. The summed E-state index contributed by atoms with van der Waals surface area (Å²) in [7, 11) is 0. The maximum atomic E-state index is 12.3. The normalized spacial score (nSPS) is 26.3. The maximum Gasteiger partial charge on any atom is 0.320 e. The van der Waals surface area contributed by atoms with Gasteiger partial charge in [-0.25, -0.2) is 0 Å². The Kier molecular flexibility index (Phi) is 4.36. The number of hydrogen-bond acceptors (Lipinski definition) is 4. The van der Waals surface area contributed by atoms with Crippen LogP contribution < -0.4 is 0 Å². The fraction of sp³-hybridized carbons (Fsp3) is 0.684.